The number of thiazole rings is 1. The van der Waals surface area contributed by atoms with Crippen LogP contribution in [0, 0.1) is 19.7 Å². The molecule has 0 N–H and O–H groups in total. The second-order valence-corrected chi connectivity index (χ2v) is 7.03. The highest BCUT2D eigenvalue weighted by atomic mass is 32.1. The number of halogens is 1. The van der Waals surface area contributed by atoms with Gasteiger partial charge in [0.05, 0.1) is 31.0 Å². The first-order chi connectivity index (χ1) is 10.6. The lowest BCUT2D eigenvalue weighted by atomic mass is 10.0. The Kier molecular flexibility index (Phi) is 3.42. The van der Waals surface area contributed by atoms with E-state index in [1.54, 1.807) is 11.3 Å². The minimum atomic E-state index is -0.150. The molecule has 0 amide bonds. The molecule has 0 spiro atoms. The summed E-state index contributed by atoms with van der Waals surface area (Å²) in [5, 5.41) is 3.16. The van der Waals surface area contributed by atoms with Gasteiger partial charge in [-0.25, -0.2) is 9.37 Å². The molecule has 2 fully saturated rings. The average Bonchev–Trinajstić information content (AvgIpc) is 3.07. The van der Waals surface area contributed by atoms with E-state index in [9.17, 15) is 4.39 Å². The maximum atomic E-state index is 13.6. The zero-order valence-corrected chi connectivity index (χ0v) is 13.6. The summed E-state index contributed by atoms with van der Waals surface area (Å²) in [6.45, 7) is 5.40. The van der Waals surface area contributed by atoms with E-state index in [1.807, 2.05) is 19.9 Å². The highest BCUT2D eigenvalue weighted by Crippen LogP contribution is 2.38. The van der Waals surface area contributed by atoms with E-state index >= 15 is 0 Å². The molecule has 22 heavy (non-hydrogen) atoms. The van der Waals surface area contributed by atoms with Crippen molar-refractivity contribution in [3.63, 3.8) is 0 Å². The van der Waals surface area contributed by atoms with Crippen LogP contribution in [0.1, 0.15) is 24.0 Å². The smallest absolute Gasteiger partial charge is 0.186 e. The predicted molar refractivity (Wildman–Crippen MR) is 87.1 cm³/mol. The van der Waals surface area contributed by atoms with Gasteiger partial charge in [-0.2, -0.15) is 0 Å². The van der Waals surface area contributed by atoms with Gasteiger partial charge in [0.2, 0.25) is 0 Å². The van der Waals surface area contributed by atoms with Crippen molar-refractivity contribution in [2.75, 3.05) is 18.1 Å². The number of morpholine rings is 1. The maximum absolute atomic E-state index is 13.6. The summed E-state index contributed by atoms with van der Waals surface area (Å²) in [6, 6.07) is 4.31. The molecular weight excluding hydrogens is 299 g/mol. The van der Waals surface area contributed by atoms with E-state index in [-0.39, 0.29) is 5.82 Å². The van der Waals surface area contributed by atoms with Gasteiger partial charge >= 0.3 is 0 Å². The zero-order valence-electron chi connectivity index (χ0n) is 12.8. The standard InChI is InChI=1S/C17H19FN2OS/c1-10-11(2)15(18)6-5-14(10)16-9-22-17(19-16)20-12-3-4-13(20)8-21-7-12/h5-6,9,12-13H,3-4,7-8H2,1-2H3/t12-,13?/m0/s1. The van der Waals surface area contributed by atoms with Gasteiger partial charge in [-0.1, -0.05) is 0 Å². The average molecular weight is 318 g/mol. The molecule has 0 radical (unpaired) electrons. The number of anilines is 1. The third-order valence-corrected chi connectivity index (χ3v) is 5.80. The van der Waals surface area contributed by atoms with Crippen LogP contribution in [0.25, 0.3) is 11.3 Å². The topological polar surface area (TPSA) is 25.4 Å². The fourth-order valence-electron chi connectivity index (χ4n) is 3.51. The third-order valence-electron chi connectivity index (χ3n) is 4.95. The summed E-state index contributed by atoms with van der Waals surface area (Å²) in [5.41, 5.74) is 3.66. The summed E-state index contributed by atoms with van der Waals surface area (Å²) in [6.07, 6.45) is 2.38. The molecule has 1 aromatic carbocycles. The molecule has 2 aromatic rings. The molecule has 0 aliphatic carbocycles. The predicted octanol–water partition coefficient (Wildman–Crippen LogP) is 3.93. The molecule has 1 unspecified atom stereocenters. The van der Waals surface area contributed by atoms with Gasteiger partial charge in [0, 0.05) is 10.9 Å². The summed E-state index contributed by atoms with van der Waals surface area (Å²) in [4.78, 5) is 7.28. The first-order valence-corrected chi connectivity index (χ1v) is 8.61. The van der Waals surface area contributed by atoms with Crippen LogP contribution >= 0.6 is 11.3 Å². The lowest BCUT2D eigenvalue weighted by molar-refractivity contribution is 0.0906. The Hall–Kier alpha value is -1.46. The number of fused-ring (bicyclic) bond motifs is 2. The Morgan fingerprint density at radius 2 is 1.91 bits per heavy atom. The van der Waals surface area contributed by atoms with Gasteiger partial charge in [-0.05, 0) is 49.9 Å². The molecule has 1 aromatic heterocycles. The van der Waals surface area contributed by atoms with E-state index in [0.717, 1.165) is 35.2 Å². The molecule has 2 aliphatic heterocycles. The van der Waals surface area contributed by atoms with Crippen LogP contribution in [0.4, 0.5) is 9.52 Å². The molecule has 0 saturated carbocycles. The van der Waals surface area contributed by atoms with Crippen molar-refractivity contribution < 1.29 is 9.13 Å². The van der Waals surface area contributed by atoms with Crippen molar-refractivity contribution >= 4 is 16.5 Å². The summed E-state index contributed by atoms with van der Waals surface area (Å²) in [7, 11) is 0. The number of rotatable bonds is 2. The molecule has 2 aliphatic rings. The van der Waals surface area contributed by atoms with Crippen LogP contribution < -0.4 is 4.90 Å². The van der Waals surface area contributed by atoms with Crippen molar-refractivity contribution in [2.24, 2.45) is 0 Å². The van der Waals surface area contributed by atoms with Crippen LogP contribution in [-0.4, -0.2) is 30.3 Å². The van der Waals surface area contributed by atoms with Gasteiger partial charge in [0.15, 0.2) is 5.13 Å². The van der Waals surface area contributed by atoms with Crippen molar-refractivity contribution in [1.82, 2.24) is 4.98 Å². The number of hydrogen-bond donors (Lipinski definition) is 0. The zero-order chi connectivity index (χ0) is 15.3. The maximum Gasteiger partial charge on any atom is 0.186 e. The second-order valence-electron chi connectivity index (χ2n) is 6.19. The summed E-state index contributed by atoms with van der Waals surface area (Å²) < 4.78 is 19.3. The quantitative estimate of drug-likeness (QED) is 0.839. The number of aromatic nitrogens is 1. The van der Waals surface area contributed by atoms with Crippen molar-refractivity contribution in [3.05, 3.63) is 34.5 Å². The first-order valence-electron chi connectivity index (χ1n) is 7.73. The van der Waals surface area contributed by atoms with Gasteiger partial charge in [0.1, 0.15) is 5.82 Å². The van der Waals surface area contributed by atoms with Crippen LogP contribution in [0.5, 0.6) is 0 Å². The molecule has 2 saturated heterocycles. The van der Waals surface area contributed by atoms with E-state index in [4.69, 9.17) is 9.72 Å². The fourth-order valence-corrected chi connectivity index (χ4v) is 4.48. The minimum Gasteiger partial charge on any atom is -0.377 e. The summed E-state index contributed by atoms with van der Waals surface area (Å²) in [5.74, 6) is -0.150. The van der Waals surface area contributed by atoms with Gasteiger partial charge in [-0.3, -0.25) is 0 Å². The van der Waals surface area contributed by atoms with Crippen molar-refractivity contribution in [3.8, 4) is 11.3 Å². The Balaban J connectivity index is 1.69. The lowest BCUT2D eigenvalue weighted by Gasteiger charge is -2.34. The highest BCUT2D eigenvalue weighted by Gasteiger charge is 2.38. The Bertz CT molecular complexity index is 699. The van der Waals surface area contributed by atoms with Crippen LogP contribution in [-0.2, 0) is 4.74 Å². The van der Waals surface area contributed by atoms with E-state index in [1.165, 1.54) is 18.9 Å². The Morgan fingerprint density at radius 1 is 1.18 bits per heavy atom. The fraction of sp³-hybridized carbons (Fsp3) is 0.471. The number of hydrogen-bond acceptors (Lipinski definition) is 4. The van der Waals surface area contributed by atoms with Crippen molar-refractivity contribution in [2.45, 2.75) is 38.8 Å². The second kappa shape index (κ2) is 5.32. The molecule has 4 rings (SSSR count). The summed E-state index contributed by atoms with van der Waals surface area (Å²) >= 11 is 1.68. The lowest BCUT2D eigenvalue weighted by Crippen LogP contribution is -2.45. The van der Waals surface area contributed by atoms with Gasteiger partial charge in [0.25, 0.3) is 0 Å². The first kappa shape index (κ1) is 14.2. The molecule has 3 heterocycles. The number of nitrogens with zero attached hydrogens (tertiary/aromatic N) is 2. The Morgan fingerprint density at radius 3 is 2.64 bits per heavy atom. The van der Waals surface area contributed by atoms with Crippen LogP contribution in [0.15, 0.2) is 17.5 Å². The SMILES string of the molecule is Cc1c(F)ccc(-c2csc(N3C4CC[C@H]3COC4)n2)c1C. The van der Waals surface area contributed by atoms with Gasteiger partial charge in [-0.15, -0.1) is 11.3 Å². The number of ether oxygens (including phenoxy) is 1. The molecule has 5 heteroatoms. The normalized spacial score (nSPS) is 24.0. The molecular formula is C17H19FN2OS. The monoisotopic (exact) mass is 318 g/mol. The van der Waals surface area contributed by atoms with Crippen LogP contribution in [0.3, 0.4) is 0 Å². The molecule has 2 atom stereocenters. The molecule has 116 valence electrons. The Labute approximate surface area is 133 Å². The highest BCUT2D eigenvalue weighted by molar-refractivity contribution is 7.14. The number of benzene rings is 1. The third kappa shape index (κ3) is 2.15. The van der Waals surface area contributed by atoms with Crippen LogP contribution in [0.2, 0.25) is 0 Å². The van der Waals surface area contributed by atoms with E-state index in [0.29, 0.717) is 17.6 Å². The van der Waals surface area contributed by atoms with Crippen molar-refractivity contribution in [1.29, 1.82) is 0 Å². The van der Waals surface area contributed by atoms with E-state index < -0.39 is 0 Å². The van der Waals surface area contributed by atoms with E-state index in [2.05, 4.69) is 10.3 Å². The largest absolute Gasteiger partial charge is 0.377 e. The molecule has 2 bridgehead atoms. The minimum absolute atomic E-state index is 0.150. The molecule has 3 nitrogen and oxygen atoms in total. The van der Waals surface area contributed by atoms with Gasteiger partial charge < -0.3 is 9.64 Å².